The van der Waals surface area contributed by atoms with Gasteiger partial charge in [-0.25, -0.2) is 13.1 Å². The molecule has 0 bridgehead atoms. The van der Waals surface area contributed by atoms with E-state index in [1.807, 2.05) is 5.48 Å². The Bertz CT molecular complexity index is 442. The van der Waals surface area contributed by atoms with E-state index in [1.165, 1.54) is 18.2 Å². The van der Waals surface area contributed by atoms with E-state index in [0.717, 1.165) is 0 Å². The van der Waals surface area contributed by atoms with E-state index in [0.29, 0.717) is 0 Å². The Balaban J connectivity index is 3.09. The molecule has 5 nitrogen and oxygen atoms in total. The first-order chi connectivity index (χ1) is 7.11. The molecular weight excluding hydrogens is 216 g/mol. The zero-order chi connectivity index (χ0) is 11.3. The smallest absolute Gasteiger partial charge is 0.242 e. The van der Waals surface area contributed by atoms with Crippen LogP contribution in [-0.4, -0.2) is 20.2 Å². The molecule has 82 valence electrons. The Hall–Kier alpha value is -1.37. The number of nitrogens with one attached hydrogen (secondary N) is 2. The summed E-state index contributed by atoms with van der Waals surface area (Å²) in [6.07, 6.45) is 1.44. The second-order valence-electron chi connectivity index (χ2n) is 2.75. The van der Waals surface area contributed by atoms with Crippen molar-refractivity contribution < 1.29 is 13.6 Å². The van der Waals surface area contributed by atoms with Gasteiger partial charge in [-0.15, -0.1) is 6.58 Å². The summed E-state index contributed by atoms with van der Waals surface area (Å²) >= 11 is 0. The standard InChI is InChI=1S/C9H12N2O3S/c1-2-7-10-15(13,14)9-6-4-3-5-8(9)11-12/h2-6,10-12H,1,7H2. The fraction of sp³-hybridized carbons (Fsp3) is 0.111. The van der Waals surface area contributed by atoms with Gasteiger partial charge in [0.25, 0.3) is 0 Å². The van der Waals surface area contributed by atoms with E-state index in [9.17, 15) is 8.42 Å². The third kappa shape index (κ3) is 2.79. The molecule has 0 atom stereocenters. The third-order valence-corrected chi connectivity index (χ3v) is 3.20. The van der Waals surface area contributed by atoms with E-state index in [-0.39, 0.29) is 17.1 Å². The maximum Gasteiger partial charge on any atom is 0.242 e. The van der Waals surface area contributed by atoms with Crippen LogP contribution in [0, 0.1) is 0 Å². The van der Waals surface area contributed by atoms with Crippen LogP contribution >= 0.6 is 0 Å². The predicted octanol–water partition coefficient (Wildman–Crippen LogP) is 0.952. The molecule has 15 heavy (non-hydrogen) atoms. The van der Waals surface area contributed by atoms with Crippen LogP contribution in [-0.2, 0) is 10.0 Å². The minimum atomic E-state index is -3.61. The van der Waals surface area contributed by atoms with E-state index in [1.54, 1.807) is 12.1 Å². The van der Waals surface area contributed by atoms with E-state index in [2.05, 4.69) is 11.3 Å². The van der Waals surface area contributed by atoms with Gasteiger partial charge in [0.15, 0.2) is 0 Å². The number of sulfonamides is 1. The number of hydrogen-bond donors (Lipinski definition) is 3. The molecule has 0 aromatic heterocycles. The van der Waals surface area contributed by atoms with Crippen molar-refractivity contribution in [3.8, 4) is 0 Å². The molecule has 1 aromatic rings. The number of rotatable bonds is 5. The van der Waals surface area contributed by atoms with Gasteiger partial charge in [-0.3, -0.25) is 10.7 Å². The van der Waals surface area contributed by atoms with Gasteiger partial charge >= 0.3 is 0 Å². The number of hydrogen-bond acceptors (Lipinski definition) is 4. The number of benzene rings is 1. The molecule has 3 N–H and O–H groups in total. The fourth-order valence-corrected chi connectivity index (χ4v) is 2.19. The van der Waals surface area contributed by atoms with Crippen LogP contribution in [0.25, 0.3) is 0 Å². The first kappa shape index (κ1) is 11.7. The minimum absolute atomic E-state index is 0.00523. The Morgan fingerprint density at radius 3 is 2.67 bits per heavy atom. The molecule has 0 spiro atoms. The van der Waals surface area contributed by atoms with Crippen LogP contribution in [0.5, 0.6) is 0 Å². The van der Waals surface area contributed by atoms with Crippen LogP contribution in [0.15, 0.2) is 41.8 Å². The molecule has 0 amide bonds. The first-order valence-electron chi connectivity index (χ1n) is 4.21. The van der Waals surface area contributed by atoms with Crippen LogP contribution in [0.2, 0.25) is 0 Å². The molecule has 0 aliphatic carbocycles. The van der Waals surface area contributed by atoms with Gasteiger partial charge in [0.2, 0.25) is 10.0 Å². The van der Waals surface area contributed by atoms with Gasteiger partial charge in [0.05, 0.1) is 5.69 Å². The lowest BCUT2D eigenvalue weighted by Crippen LogP contribution is -2.24. The maximum atomic E-state index is 11.7. The molecule has 1 rings (SSSR count). The van der Waals surface area contributed by atoms with Gasteiger partial charge in [-0.05, 0) is 12.1 Å². The summed E-state index contributed by atoms with van der Waals surface area (Å²) in [7, 11) is -3.61. The van der Waals surface area contributed by atoms with Crippen LogP contribution in [0.1, 0.15) is 0 Å². The summed E-state index contributed by atoms with van der Waals surface area (Å²) < 4.78 is 25.6. The van der Waals surface area contributed by atoms with Crippen molar-refractivity contribution in [2.45, 2.75) is 4.90 Å². The second kappa shape index (κ2) is 4.92. The van der Waals surface area contributed by atoms with Gasteiger partial charge in [-0.2, -0.15) is 0 Å². The van der Waals surface area contributed by atoms with Gasteiger partial charge < -0.3 is 0 Å². The molecule has 0 radical (unpaired) electrons. The summed E-state index contributed by atoms with van der Waals surface area (Å²) in [6, 6.07) is 6.04. The molecule has 0 unspecified atom stereocenters. The molecular formula is C9H12N2O3S. The Labute approximate surface area is 88.4 Å². The van der Waals surface area contributed by atoms with Crippen LogP contribution in [0.3, 0.4) is 0 Å². The second-order valence-corrected chi connectivity index (χ2v) is 4.48. The van der Waals surface area contributed by atoms with Crippen LogP contribution < -0.4 is 10.2 Å². The molecule has 0 aliphatic rings. The van der Waals surface area contributed by atoms with Crippen molar-refractivity contribution in [1.29, 1.82) is 0 Å². The lowest BCUT2D eigenvalue weighted by Gasteiger charge is -2.08. The highest BCUT2D eigenvalue weighted by Gasteiger charge is 2.16. The molecule has 0 saturated heterocycles. The Kier molecular flexibility index (Phi) is 3.84. The van der Waals surface area contributed by atoms with Crippen molar-refractivity contribution in [1.82, 2.24) is 4.72 Å². The third-order valence-electron chi connectivity index (χ3n) is 1.71. The normalized spacial score (nSPS) is 11.0. The lowest BCUT2D eigenvalue weighted by atomic mass is 10.3. The Morgan fingerprint density at radius 1 is 1.40 bits per heavy atom. The summed E-state index contributed by atoms with van der Waals surface area (Å²) in [5, 5.41) is 8.74. The van der Waals surface area contributed by atoms with Gasteiger partial charge in [0, 0.05) is 6.54 Å². The quantitative estimate of drug-likeness (QED) is 0.518. The predicted molar refractivity (Wildman–Crippen MR) is 57.2 cm³/mol. The zero-order valence-corrected chi connectivity index (χ0v) is 8.79. The summed E-state index contributed by atoms with van der Waals surface area (Å²) in [5.41, 5.74) is 1.97. The SMILES string of the molecule is C=CCNS(=O)(=O)c1ccccc1NO. The molecule has 1 aromatic carbocycles. The molecule has 0 saturated carbocycles. The van der Waals surface area contributed by atoms with E-state index < -0.39 is 10.0 Å². The van der Waals surface area contributed by atoms with Crippen molar-refractivity contribution in [2.75, 3.05) is 12.0 Å². The van der Waals surface area contributed by atoms with Gasteiger partial charge in [0.1, 0.15) is 4.90 Å². The molecule has 0 heterocycles. The molecule has 0 fully saturated rings. The Morgan fingerprint density at radius 2 is 2.07 bits per heavy atom. The highest BCUT2D eigenvalue weighted by Crippen LogP contribution is 2.19. The summed E-state index contributed by atoms with van der Waals surface area (Å²) in [6.45, 7) is 3.55. The van der Waals surface area contributed by atoms with Crippen molar-refractivity contribution in [3.05, 3.63) is 36.9 Å². The van der Waals surface area contributed by atoms with E-state index in [4.69, 9.17) is 5.21 Å². The topological polar surface area (TPSA) is 78.4 Å². The minimum Gasteiger partial charge on any atom is -0.291 e. The largest absolute Gasteiger partial charge is 0.291 e. The monoisotopic (exact) mass is 228 g/mol. The summed E-state index contributed by atoms with van der Waals surface area (Å²) in [5.74, 6) is 0. The average molecular weight is 228 g/mol. The fourth-order valence-electron chi connectivity index (χ4n) is 1.04. The zero-order valence-electron chi connectivity index (χ0n) is 7.97. The maximum absolute atomic E-state index is 11.7. The molecule has 6 heteroatoms. The molecule has 0 aliphatic heterocycles. The lowest BCUT2D eigenvalue weighted by molar-refractivity contribution is 0.386. The van der Waals surface area contributed by atoms with Gasteiger partial charge in [-0.1, -0.05) is 18.2 Å². The number of anilines is 1. The summed E-state index contributed by atoms with van der Waals surface area (Å²) in [4.78, 5) is -0.00523. The van der Waals surface area contributed by atoms with E-state index >= 15 is 0 Å². The van der Waals surface area contributed by atoms with Crippen molar-refractivity contribution in [3.63, 3.8) is 0 Å². The first-order valence-corrected chi connectivity index (χ1v) is 5.70. The average Bonchev–Trinajstić information content (AvgIpc) is 2.26. The van der Waals surface area contributed by atoms with Crippen LogP contribution in [0.4, 0.5) is 5.69 Å². The highest BCUT2D eigenvalue weighted by molar-refractivity contribution is 7.89. The highest BCUT2D eigenvalue weighted by atomic mass is 32.2. The number of para-hydroxylation sites is 1. The van der Waals surface area contributed by atoms with Crippen molar-refractivity contribution >= 4 is 15.7 Å². The van der Waals surface area contributed by atoms with Crippen molar-refractivity contribution in [2.24, 2.45) is 0 Å².